The molecule has 1 N–H and O–H groups in total. The highest BCUT2D eigenvalue weighted by Crippen LogP contribution is 2.27. The van der Waals surface area contributed by atoms with Crippen molar-refractivity contribution in [2.75, 3.05) is 24.5 Å². The summed E-state index contributed by atoms with van der Waals surface area (Å²) in [6.45, 7) is 7.38. The molecule has 0 spiro atoms. The fourth-order valence-corrected chi connectivity index (χ4v) is 2.95. The van der Waals surface area contributed by atoms with E-state index in [1.54, 1.807) is 0 Å². The first-order chi connectivity index (χ1) is 8.60. The van der Waals surface area contributed by atoms with Crippen molar-refractivity contribution in [3.8, 4) is 0 Å². The Morgan fingerprint density at radius 2 is 2.11 bits per heavy atom. The van der Waals surface area contributed by atoms with E-state index in [1.807, 2.05) is 12.1 Å². The molecule has 0 unspecified atom stereocenters. The second kappa shape index (κ2) is 5.57. The lowest BCUT2D eigenvalue weighted by Gasteiger charge is -2.44. The fourth-order valence-electron chi connectivity index (χ4n) is 2.58. The Labute approximate surface area is 117 Å². The second-order valence-corrected chi connectivity index (χ2v) is 5.79. The monoisotopic (exact) mass is 314 g/mol. The molecule has 0 aromatic heterocycles. The molecule has 1 saturated heterocycles. The van der Waals surface area contributed by atoms with E-state index >= 15 is 0 Å². The summed E-state index contributed by atoms with van der Waals surface area (Å²) in [4.78, 5) is 2.34. The van der Waals surface area contributed by atoms with Crippen LogP contribution in [0.15, 0.2) is 22.7 Å². The van der Waals surface area contributed by atoms with Gasteiger partial charge in [0.25, 0.3) is 0 Å². The molecule has 0 atom stereocenters. The van der Waals surface area contributed by atoms with Crippen LogP contribution in [0.2, 0.25) is 0 Å². The number of hydrogen-bond acceptors (Lipinski definition) is 2. The molecule has 4 heteroatoms. The topological polar surface area (TPSA) is 15.3 Å². The van der Waals surface area contributed by atoms with Crippen LogP contribution in [-0.4, -0.2) is 25.2 Å². The van der Waals surface area contributed by atoms with Crippen LogP contribution < -0.4 is 10.2 Å². The van der Waals surface area contributed by atoms with Gasteiger partial charge < -0.3 is 10.2 Å². The molecular weight excluding hydrogens is 295 g/mol. The Morgan fingerprint density at radius 1 is 1.39 bits per heavy atom. The van der Waals surface area contributed by atoms with Crippen LogP contribution in [0.25, 0.3) is 0 Å². The van der Waals surface area contributed by atoms with Crippen LogP contribution in [0.3, 0.4) is 0 Å². The highest BCUT2D eigenvalue weighted by atomic mass is 79.9. The van der Waals surface area contributed by atoms with Crippen molar-refractivity contribution in [2.45, 2.75) is 32.2 Å². The minimum Gasteiger partial charge on any atom is -0.368 e. The molecule has 2 rings (SSSR count). The van der Waals surface area contributed by atoms with Gasteiger partial charge in [-0.05, 0) is 47.0 Å². The van der Waals surface area contributed by atoms with Gasteiger partial charge in [-0.3, -0.25) is 0 Å². The molecule has 0 radical (unpaired) electrons. The Hall–Kier alpha value is -0.610. The van der Waals surface area contributed by atoms with Crippen LogP contribution in [0, 0.1) is 5.82 Å². The summed E-state index contributed by atoms with van der Waals surface area (Å²) in [5.74, 6) is -0.203. The third-order valence-corrected chi connectivity index (χ3v) is 4.60. The van der Waals surface area contributed by atoms with Gasteiger partial charge in [-0.1, -0.05) is 13.8 Å². The average Bonchev–Trinajstić information content (AvgIpc) is 2.42. The molecule has 100 valence electrons. The van der Waals surface area contributed by atoms with E-state index in [-0.39, 0.29) is 11.4 Å². The average molecular weight is 315 g/mol. The van der Waals surface area contributed by atoms with Gasteiger partial charge in [0.15, 0.2) is 0 Å². The smallest absolute Gasteiger partial charge is 0.137 e. The van der Waals surface area contributed by atoms with Crippen molar-refractivity contribution in [3.05, 3.63) is 28.5 Å². The van der Waals surface area contributed by atoms with Crippen molar-refractivity contribution in [1.82, 2.24) is 5.32 Å². The fraction of sp³-hybridized carbons (Fsp3) is 0.571. The number of anilines is 1. The van der Waals surface area contributed by atoms with E-state index in [0.29, 0.717) is 4.47 Å². The van der Waals surface area contributed by atoms with E-state index in [4.69, 9.17) is 0 Å². The van der Waals surface area contributed by atoms with Crippen molar-refractivity contribution in [2.24, 2.45) is 0 Å². The highest BCUT2D eigenvalue weighted by Gasteiger charge is 2.31. The zero-order valence-corrected chi connectivity index (χ0v) is 12.6. The largest absolute Gasteiger partial charge is 0.368 e. The molecule has 0 bridgehead atoms. The molecule has 18 heavy (non-hydrogen) atoms. The molecule has 1 aromatic rings. The predicted molar refractivity (Wildman–Crippen MR) is 77.6 cm³/mol. The van der Waals surface area contributed by atoms with E-state index in [2.05, 4.69) is 40.0 Å². The molecule has 2 nitrogen and oxygen atoms in total. The molecular formula is C14H20BrFN2. The van der Waals surface area contributed by atoms with Crippen molar-refractivity contribution in [3.63, 3.8) is 0 Å². The minimum atomic E-state index is -0.203. The zero-order valence-electron chi connectivity index (χ0n) is 11.0. The maximum Gasteiger partial charge on any atom is 0.137 e. The summed E-state index contributed by atoms with van der Waals surface area (Å²) in [6, 6.07) is 5.26. The first-order valence-corrected chi connectivity index (χ1v) is 7.34. The van der Waals surface area contributed by atoms with E-state index < -0.39 is 0 Å². The molecule has 1 aliphatic rings. The number of nitrogens with zero attached hydrogens (tertiary/aromatic N) is 1. The molecule has 1 aromatic carbocycles. The Kier molecular flexibility index (Phi) is 4.28. The van der Waals surface area contributed by atoms with Crippen LogP contribution in [0.1, 0.15) is 26.7 Å². The number of piperazine rings is 1. The molecule has 0 amide bonds. The number of rotatable bonds is 3. The molecule has 0 saturated carbocycles. The lowest BCUT2D eigenvalue weighted by molar-refractivity contribution is 0.277. The van der Waals surface area contributed by atoms with E-state index in [9.17, 15) is 4.39 Å². The van der Waals surface area contributed by atoms with Gasteiger partial charge in [0.05, 0.1) is 4.47 Å². The first-order valence-electron chi connectivity index (χ1n) is 6.55. The molecule has 0 aliphatic carbocycles. The Balaban J connectivity index is 2.20. The molecule has 1 heterocycles. The van der Waals surface area contributed by atoms with Crippen molar-refractivity contribution < 1.29 is 4.39 Å². The highest BCUT2D eigenvalue weighted by molar-refractivity contribution is 9.10. The SMILES string of the molecule is CCC1(CC)CN(c2ccc(F)c(Br)c2)CCN1. The summed E-state index contributed by atoms with van der Waals surface area (Å²) in [7, 11) is 0. The third-order valence-electron chi connectivity index (χ3n) is 4.00. The second-order valence-electron chi connectivity index (χ2n) is 4.93. The number of hydrogen-bond donors (Lipinski definition) is 1. The molecule has 1 fully saturated rings. The van der Waals surface area contributed by atoms with Crippen LogP contribution >= 0.6 is 15.9 Å². The normalized spacial score (nSPS) is 19.0. The van der Waals surface area contributed by atoms with E-state index in [0.717, 1.165) is 38.2 Å². The lowest BCUT2D eigenvalue weighted by Crippen LogP contribution is -2.60. The quantitative estimate of drug-likeness (QED) is 0.917. The van der Waals surface area contributed by atoms with Gasteiger partial charge in [0.1, 0.15) is 5.82 Å². The summed E-state index contributed by atoms with van der Waals surface area (Å²) in [6.07, 6.45) is 2.23. The number of nitrogens with one attached hydrogen (secondary N) is 1. The first kappa shape index (κ1) is 13.8. The van der Waals surface area contributed by atoms with Gasteiger partial charge in [-0.25, -0.2) is 4.39 Å². The number of benzene rings is 1. The zero-order chi connectivity index (χ0) is 13.2. The van der Waals surface area contributed by atoms with Crippen LogP contribution in [0.5, 0.6) is 0 Å². The summed E-state index contributed by atoms with van der Waals surface area (Å²) in [5, 5.41) is 3.63. The standard InChI is InChI=1S/C14H20BrFN2/c1-3-14(4-2)10-18(8-7-17-14)11-5-6-13(16)12(15)9-11/h5-6,9,17H,3-4,7-8,10H2,1-2H3. The molecule has 1 aliphatic heterocycles. The van der Waals surface area contributed by atoms with Crippen molar-refractivity contribution in [1.29, 1.82) is 0 Å². The summed E-state index contributed by atoms with van der Waals surface area (Å²) in [5.41, 5.74) is 1.29. The summed E-state index contributed by atoms with van der Waals surface area (Å²) >= 11 is 3.26. The van der Waals surface area contributed by atoms with Crippen LogP contribution in [0.4, 0.5) is 10.1 Å². The van der Waals surface area contributed by atoms with Crippen molar-refractivity contribution >= 4 is 21.6 Å². The third kappa shape index (κ3) is 2.69. The Bertz CT molecular complexity index is 418. The van der Waals surface area contributed by atoms with Gasteiger partial charge in [-0.15, -0.1) is 0 Å². The van der Waals surface area contributed by atoms with Gasteiger partial charge in [0, 0.05) is 30.9 Å². The predicted octanol–water partition coefficient (Wildman–Crippen LogP) is 3.56. The lowest BCUT2D eigenvalue weighted by atomic mass is 9.90. The van der Waals surface area contributed by atoms with Gasteiger partial charge in [0.2, 0.25) is 0 Å². The van der Waals surface area contributed by atoms with Gasteiger partial charge in [-0.2, -0.15) is 0 Å². The number of halogens is 2. The maximum absolute atomic E-state index is 13.3. The van der Waals surface area contributed by atoms with Gasteiger partial charge >= 0.3 is 0 Å². The minimum absolute atomic E-state index is 0.194. The summed E-state index contributed by atoms with van der Waals surface area (Å²) < 4.78 is 13.8. The van der Waals surface area contributed by atoms with E-state index in [1.165, 1.54) is 6.07 Å². The Morgan fingerprint density at radius 3 is 2.72 bits per heavy atom. The van der Waals surface area contributed by atoms with Crippen LogP contribution in [-0.2, 0) is 0 Å². The maximum atomic E-state index is 13.3.